The molecular weight excluding hydrogens is 268 g/mol. The van der Waals surface area contributed by atoms with Gasteiger partial charge < -0.3 is 10.4 Å². The van der Waals surface area contributed by atoms with Gasteiger partial charge in [-0.3, -0.25) is 4.79 Å². The molecule has 0 bridgehead atoms. The first kappa shape index (κ1) is 16.1. The van der Waals surface area contributed by atoms with E-state index >= 15 is 0 Å². The fourth-order valence-corrected chi connectivity index (χ4v) is 1.75. The highest BCUT2D eigenvalue weighted by molar-refractivity contribution is 5.85. The minimum absolute atomic E-state index is 0.0252. The van der Waals surface area contributed by atoms with Crippen LogP contribution in [-0.4, -0.2) is 23.0 Å². The van der Waals surface area contributed by atoms with Crippen molar-refractivity contribution < 1.29 is 23.5 Å². The van der Waals surface area contributed by atoms with Crippen molar-refractivity contribution in [2.45, 2.75) is 32.7 Å². The molecular formula is C14H17F2NO3. The minimum atomic E-state index is -1.13. The smallest absolute Gasteiger partial charge is 0.326 e. The summed E-state index contributed by atoms with van der Waals surface area (Å²) in [5.41, 5.74) is 0.0252. The van der Waals surface area contributed by atoms with Gasteiger partial charge in [-0.15, -0.1) is 0 Å². The molecule has 110 valence electrons. The van der Waals surface area contributed by atoms with E-state index in [0.29, 0.717) is 12.5 Å². The van der Waals surface area contributed by atoms with Crippen molar-refractivity contribution in [1.82, 2.24) is 5.32 Å². The van der Waals surface area contributed by atoms with Gasteiger partial charge in [-0.05, 0) is 17.5 Å². The van der Waals surface area contributed by atoms with Crippen LogP contribution in [-0.2, 0) is 16.0 Å². The van der Waals surface area contributed by atoms with Crippen LogP contribution in [0.15, 0.2) is 18.2 Å². The Balaban J connectivity index is 2.73. The minimum Gasteiger partial charge on any atom is -0.480 e. The summed E-state index contributed by atoms with van der Waals surface area (Å²) in [6.45, 7) is 3.52. The fraction of sp³-hybridized carbons (Fsp3) is 0.429. The second kappa shape index (κ2) is 6.98. The molecule has 1 aromatic rings. The third-order valence-corrected chi connectivity index (χ3v) is 3.16. The van der Waals surface area contributed by atoms with Crippen molar-refractivity contribution in [2.75, 3.05) is 0 Å². The van der Waals surface area contributed by atoms with Crippen molar-refractivity contribution in [3.8, 4) is 0 Å². The van der Waals surface area contributed by atoms with Crippen LogP contribution in [0.2, 0.25) is 0 Å². The number of rotatable bonds is 6. The molecule has 0 saturated heterocycles. The van der Waals surface area contributed by atoms with Gasteiger partial charge >= 0.3 is 5.97 Å². The largest absolute Gasteiger partial charge is 0.480 e. The van der Waals surface area contributed by atoms with E-state index in [2.05, 4.69) is 5.32 Å². The lowest BCUT2D eigenvalue weighted by Crippen LogP contribution is -2.45. The number of carbonyl (C=O) groups excluding carboxylic acids is 1. The standard InChI is InChI=1S/C14H17F2NO3/c1-3-8(2)13(14(19)20)17-12(18)6-9-4-5-10(15)7-11(9)16/h4-5,7-8,13H,3,6H2,1-2H3,(H,17,18)(H,19,20)/t8-,13-/m1/s1. The van der Waals surface area contributed by atoms with Gasteiger partial charge in [0.1, 0.15) is 17.7 Å². The Morgan fingerprint density at radius 1 is 1.35 bits per heavy atom. The van der Waals surface area contributed by atoms with Gasteiger partial charge in [-0.2, -0.15) is 0 Å². The number of aliphatic carboxylic acids is 1. The van der Waals surface area contributed by atoms with E-state index in [1.807, 2.05) is 6.92 Å². The van der Waals surface area contributed by atoms with Gasteiger partial charge in [0.2, 0.25) is 5.91 Å². The number of nitrogens with one attached hydrogen (secondary N) is 1. The maximum Gasteiger partial charge on any atom is 0.326 e. The van der Waals surface area contributed by atoms with Gasteiger partial charge in [0.05, 0.1) is 6.42 Å². The van der Waals surface area contributed by atoms with Crippen LogP contribution in [0.5, 0.6) is 0 Å². The highest BCUT2D eigenvalue weighted by atomic mass is 19.1. The van der Waals surface area contributed by atoms with E-state index < -0.39 is 29.6 Å². The summed E-state index contributed by atoms with van der Waals surface area (Å²) in [6, 6.07) is 1.89. The molecule has 0 aliphatic carbocycles. The number of amides is 1. The molecule has 1 rings (SSSR count). The summed E-state index contributed by atoms with van der Waals surface area (Å²) in [4.78, 5) is 22.8. The molecule has 4 nitrogen and oxygen atoms in total. The predicted octanol–water partition coefficient (Wildman–Crippen LogP) is 2.12. The van der Waals surface area contributed by atoms with Crippen molar-refractivity contribution >= 4 is 11.9 Å². The quantitative estimate of drug-likeness (QED) is 0.841. The number of carbonyl (C=O) groups is 2. The molecule has 1 aromatic carbocycles. The molecule has 0 spiro atoms. The number of carboxylic acid groups (broad SMARTS) is 1. The maximum atomic E-state index is 13.4. The second-order valence-corrected chi connectivity index (χ2v) is 4.68. The van der Waals surface area contributed by atoms with E-state index in [0.717, 1.165) is 6.07 Å². The first-order valence-corrected chi connectivity index (χ1v) is 6.31. The number of benzene rings is 1. The Morgan fingerprint density at radius 2 is 2.00 bits per heavy atom. The van der Waals surface area contributed by atoms with Crippen LogP contribution in [0.4, 0.5) is 8.78 Å². The maximum absolute atomic E-state index is 13.4. The van der Waals surface area contributed by atoms with Gasteiger partial charge in [-0.25, -0.2) is 13.6 Å². The molecule has 6 heteroatoms. The van der Waals surface area contributed by atoms with E-state index in [1.165, 1.54) is 6.07 Å². The summed E-state index contributed by atoms with van der Waals surface area (Å²) in [7, 11) is 0. The van der Waals surface area contributed by atoms with Gasteiger partial charge in [0, 0.05) is 6.07 Å². The van der Waals surface area contributed by atoms with Gasteiger partial charge in [-0.1, -0.05) is 26.3 Å². The molecule has 1 amide bonds. The molecule has 0 fully saturated rings. The third-order valence-electron chi connectivity index (χ3n) is 3.16. The van der Waals surface area contributed by atoms with Crippen molar-refractivity contribution in [3.63, 3.8) is 0 Å². The second-order valence-electron chi connectivity index (χ2n) is 4.68. The Morgan fingerprint density at radius 3 is 2.50 bits per heavy atom. The van der Waals surface area contributed by atoms with E-state index in [1.54, 1.807) is 6.92 Å². The molecule has 0 saturated carbocycles. The topological polar surface area (TPSA) is 66.4 Å². The average molecular weight is 285 g/mol. The predicted molar refractivity (Wildman–Crippen MR) is 69.1 cm³/mol. The molecule has 0 heterocycles. The SMILES string of the molecule is CC[C@@H](C)[C@@H](NC(=O)Cc1ccc(F)cc1F)C(=O)O. The molecule has 2 N–H and O–H groups in total. The Labute approximate surface area is 115 Å². The van der Waals surface area contributed by atoms with Crippen LogP contribution >= 0.6 is 0 Å². The van der Waals surface area contributed by atoms with Crippen LogP contribution in [0, 0.1) is 17.6 Å². The lowest BCUT2D eigenvalue weighted by atomic mass is 9.99. The summed E-state index contributed by atoms with van der Waals surface area (Å²) < 4.78 is 26.1. The zero-order valence-electron chi connectivity index (χ0n) is 11.3. The Hall–Kier alpha value is -1.98. The molecule has 0 aliphatic heterocycles. The Bertz CT molecular complexity index is 505. The van der Waals surface area contributed by atoms with Crippen molar-refractivity contribution in [2.24, 2.45) is 5.92 Å². The van der Waals surface area contributed by atoms with Crippen molar-refractivity contribution in [1.29, 1.82) is 0 Å². The summed E-state index contributed by atoms with van der Waals surface area (Å²) in [5, 5.41) is 11.4. The highest BCUT2D eigenvalue weighted by Crippen LogP contribution is 2.12. The number of halogens is 2. The van der Waals surface area contributed by atoms with E-state index in [-0.39, 0.29) is 17.9 Å². The molecule has 0 aromatic heterocycles. The fourth-order valence-electron chi connectivity index (χ4n) is 1.75. The van der Waals surface area contributed by atoms with Crippen molar-refractivity contribution in [3.05, 3.63) is 35.4 Å². The van der Waals surface area contributed by atoms with E-state index in [4.69, 9.17) is 5.11 Å². The average Bonchev–Trinajstić information content (AvgIpc) is 2.38. The zero-order valence-corrected chi connectivity index (χ0v) is 11.3. The number of hydrogen-bond donors (Lipinski definition) is 2. The lowest BCUT2D eigenvalue weighted by molar-refractivity contribution is -0.143. The zero-order chi connectivity index (χ0) is 15.3. The highest BCUT2D eigenvalue weighted by Gasteiger charge is 2.25. The number of carboxylic acids is 1. The van der Waals surface area contributed by atoms with Gasteiger partial charge in [0.15, 0.2) is 0 Å². The normalized spacial score (nSPS) is 13.6. The van der Waals surface area contributed by atoms with E-state index in [9.17, 15) is 18.4 Å². The molecule has 20 heavy (non-hydrogen) atoms. The summed E-state index contributed by atoms with van der Waals surface area (Å²) in [6.07, 6.45) is 0.258. The summed E-state index contributed by atoms with van der Waals surface area (Å²) in [5.74, 6) is -3.53. The molecule has 0 aliphatic rings. The van der Waals surface area contributed by atoms with Crippen LogP contribution in [0.25, 0.3) is 0 Å². The van der Waals surface area contributed by atoms with Crippen LogP contribution < -0.4 is 5.32 Å². The molecule has 2 atom stereocenters. The van der Waals surface area contributed by atoms with Crippen LogP contribution in [0.3, 0.4) is 0 Å². The summed E-state index contributed by atoms with van der Waals surface area (Å²) >= 11 is 0. The van der Waals surface area contributed by atoms with Crippen LogP contribution in [0.1, 0.15) is 25.8 Å². The Kier molecular flexibility index (Phi) is 5.61. The lowest BCUT2D eigenvalue weighted by Gasteiger charge is -2.20. The first-order valence-electron chi connectivity index (χ1n) is 6.31. The monoisotopic (exact) mass is 285 g/mol. The third kappa shape index (κ3) is 4.29. The van der Waals surface area contributed by atoms with Gasteiger partial charge in [0.25, 0.3) is 0 Å². The first-order chi connectivity index (χ1) is 9.35. The molecule has 0 radical (unpaired) electrons. The molecule has 0 unspecified atom stereocenters. The number of hydrogen-bond acceptors (Lipinski definition) is 2.